The van der Waals surface area contributed by atoms with Crippen molar-refractivity contribution in [3.05, 3.63) is 22.4 Å². The number of ketones is 1. The molecule has 0 radical (unpaired) electrons. The Morgan fingerprint density at radius 2 is 2.38 bits per heavy atom. The van der Waals surface area contributed by atoms with Gasteiger partial charge < -0.3 is 0 Å². The highest BCUT2D eigenvalue weighted by Gasteiger charge is 2.23. The number of carbonyl (C=O) groups excluding carboxylic acids is 1. The molecule has 0 N–H and O–H groups in total. The van der Waals surface area contributed by atoms with Gasteiger partial charge in [-0.05, 0) is 11.4 Å². The maximum absolute atomic E-state index is 11.8. The second-order valence-corrected chi connectivity index (χ2v) is 6.05. The summed E-state index contributed by atoms with van der Waals surface area (Å²) in [6.07, 6.45) is 0. The predicted molar refractivity (Wildman–Crippen MR) is 62.2 cm³/mol. The van der Waals surface area contributed by atoms with Crippen LogP contribution in [0.2, 0.25) is 0 Å². The van der Waals surface area contributed by atoms with E-state index in [0.29, 0.717) is 5.78 Å². The maximum Gasteiger partial charge on any atom is 0.177 e. The molecule has 2 heterocycles. The number of hydrogen-bond donors (Lipinski definition) is 0. The van der Waals surface area contributed by atoms with Crippen molar-refractivity contribution in [1.29, 1.82) is 0 Å². The molecule has 1 unspecified atom stereocenters. The Labute approximate surface area is 90.3 Å². The van der Waals surface area contributed by atoms with E-state index in [2.05, 4.69) is 0 Å². The molecule has 0 bridgehead atoms. The zero-order chi connectivity index (χ0) is 9.10. The van der Waals surface area contributed by atoms with Gasteiger partial charge >= 0.3 is 0 Å². The van der Waals surface area contributed by atoms with E-state index in [1.54, 1.807) is 23.1 Å². The zero-order valence-electron chi connectivity index (χ0n) is 7.06. The van der Waals surface area contributed by atoms with E-state index in [1.807, 2.05) is 28.6 Å². The van der Waals surface area contributed by atoms with Gasteiger partial charge in [-0.25, -0.2) is 0 Å². The van der Waals surface area contributed by atoms with Crippen LogP contribution in [-0.2, 0) is 0 Å². The quantitative estimate of drug-likeness (QED) is 0.727. The summed E-state index contributed by atoms with van der Waals surface area (Å²) in [6, 6.07) is 1.92. The Bertz CT molecular complexity index is 275. The molecule has 1 aromatic heterocycles. The van der Waals surface area contributed by atoms with E-state index in [9.17, 15) is 4.79 Å². The van der Waals surface area contributed by atoms with Gasteiger partial charge in [0.15, 0.2) is 5.78 Å². The van der Waals surface area contributed by atoms with Gasteiger partial charge in [-0.1, -0.05) is 0 Å². The van der Waals surface area contributed by atoms with Crippen molar-refractivity contribution in [1.82, 2.24) is 0 Å². The van der Waals surface area contributed by atoms with Crippen molar-refractivity contribution < 1.29 is 4.79 Å². The third-order valence-corrected chi connectivity index (χ3v) is 5.35. The summed E-state index contributed by atoms with van der Waals surface area (Å²) in [5.41, 5.74) is 0.894. The van der Waals surface area contributed by atoms with Crippen molar-refractivity contribution in [3.8, 4) is 0 Å². The van der Waals surface area contributed by atoms with E-state index >= 15 is 0 Å². The Balaban J connectivity index is 2.04. The maximum atomic E-state index is 11.8. The molecule has 1 atom stereocenters. The minimum Gasteiger partial charge on any atom is -0.293 e. The highest BCUT2D eigenvalue weighted by molar-refractivity contribution is 8.07. The number of thioether (sulfide) groups is 2. The van der Waals surface area contributed by atoms with Crippen LogP contribution in [0.4, 0.5) is 0 Å². The summed E-state index contributed by atoms with van der Waals surface area (Å²) in [7, 11) is 0. The molecule has 2 rings (SSSR count). The van der Waals surface area contributed by atoms with E-state index < -0.39 is 0 Å². The molecule has 1 nitrogen and oxygen atoms in total. The standard InChI is InChI=1S/C9H10OS3/c10-9(7-1-2-11-5-7)8-6-12-3-4-13-8/h1-2,5,8H,3-4,6H2. The van der Waals surface area contributed by atoms with Gasteiger partial charge in [0.25, 0.3) is 0 Å². The second kappa shape index (κ2) is 4.53. The van der Waals surface area contributed by atoms with Gasteiger partial charge in [-0.15, -0.1) is 11.8 Å². The number of rotatable bonds is 2. The average Bonchev–Trinajstić information content (AvgIpc) is 2.71. The predicted octanol–water partition coefficient (Wildman–Crippen LogP) is 2.78. The summed E-state index contributed by atoms with van der Waals surface area (Å²) in [5, 5.41) is 4.11. The van der Waals surface area contributed by atoms with Crippen molar-refractivity contribution in [2.75, 3.05) is 17.3 Å². The lowest BCUT2D eigenvalue weighted by Gasteiger charge is -2.18. The molecule has 0 aromatic carbocycles. The third kappa shape index (κ3) is 2.30. The number of thiophene rings is 1. The molecule has 70 valence electrons. The Morgan fingerprint density at radius 3 is 3.00 bits per heavy atom. The second-order valence-electron chi connectivity index (χ2n) is 2.81. The van der Waals surface area contributed by atoms with Crippen LogP contribution >= 0.6 is 34.9 Å². The summed E-state index contributed by atoms with van der Waals surface area (Å²) in [6.45, 7) is 0. The molecule has 1 saturated heterocycles. The van der Waals surface area contributed by atoms with Gasteiger partial charge in [-0.3, -0.25) is 4.79 Å². The smallest absolute Gasteiger partial charge is 0.177 e. The number of Topliss-reactive ketones (excluding diaryl/α,β-unsaturated/α-hetero) is 1. The van der Waals surface area contributed by atoms with Gasteiger partial charge in [0, 0.05) is 28.2 Å². The van der Waals surface area contributed by atoms with Crippen LogP contribution in [0.25, 0.3) is 0 Å². The van der Waals surface area contributed by atoms with Crippen LogP contribution in [0.1, 0.15) is 10.4 Å². The molecule has 13 heavy (non-hydrogen) atoms. The summed E-state index contributed by atoms with van der Waals surface area (Å²) in [4.78, 5) is 11.8. The van der Waals surface area contributed by atoms with Crippen molar-refractivity contribution >= 4 is 40.6 Å². The number of carbonyl (C=O) groups is 1. The monoisotopic (exact) mass is 230 g/mol. The first-order valence-corrected chi connectivity index (χ1v) is 7.28. The SMILES string of the molecule is O=C(c1ccsc1)C1CSCCS1. The molecule has 1 aliphatic heterocycles. The van der Waals surface area contributed by atoms with Crippen LogP contribution in [0.5, 0.6) is 0 Å². The summed E-state index contributed by atoms with van der Waals surface area (Å²) < 4.78 is 0. The van der Waals surface area contributed by atoms with Gasteiger partial charge in [-0.2, -0.15) is 23.1 Å². The summed E-state index contributed by atoms with van der Waals surface area (Å²) >= 11 is 5.29. The Morgan fingerprint density at radius 1 is 1.46 bits per heavy atom. The average molecular weight is 230 g/mol. The van der Waals surface area contributed by atoms with Crippen LogP contribution in [0.3, 0.4) is 0 Å². The van der Waals surface area contributed by atoms with Crippen LogP contribution in [0.15, 0.2) is 16.8 Å². The molecule has 1 aromatic rings. The fourth-order valence-electron chi connectivity index (χ4n) is 1.23. The van der Waals surface area contributed by atoms with Crippen LogP contribution in [-0.4, -0.2) is 28.3 Å². The summed E-state index contributed by atoms with van der Waals surface area (Å²) in [5.74, 6) is 3.61. The lowest BCUT2D eigenvalue weighted by atomic mass is 10.2. The van der Waals surface area contributed by atoms with Crippen LogP contribution < -0.4 is 0 Å². The number of hydrogen-bond acceptors (Lipinski definition) is 4. The third-order valence-electron chi connectivity index (χ3n) is 1.91. The first-order chi connectivity index (χ1) is 6.38. The molecule has 0 aliphatic carbocycles. The molecule has 4 heteroatoms. The van der Waals surface area contributed by atoms with Gasteiger partial charge in [0.05, 0.1) is 5.25 Å². The molecular formula is C9H10OS3. The van der Waals surface area contributed by atoms with Gasteiger partial charge in [0.2, 0.25) is 0 Å². The minimum atomic E-state index is 0.202. The van der Waals surface area contributed by atoms with E-state index in [4.69, 9.17) is 0 Å². The first-order valence-electron chi connectivity index (χ1n) is 4.13. The minimum absolute atomic E-state index is 0.202. The molecule has 0 amide bonds. The lowest BCUT2D eigenvalue weighted by Crippen LogP contribution is -2.23. The van der Waals surface area contributed by atoms with E-state index in [1.165, 1.54) is 5.75 Å². The normalized spacial score (nSPS) is 22.9. The molecule has 1 fully saturated rings. The van der Waals surface area contributed by atoms with E-state index in [0.717, 1.165) is 17.1 Å². The van der Waals surface area contributed by atoms with Crippen LogP contribution in [0, 0.1) is 0 Å². The molecule has 0 saturated carbocycles. The fraction of sp³-hybridized carbons (Fsp3) is 0.444. The van der Waals surface area contributed by atoms with Crippen molar-refractivity contribution in [2.45, 2.75) is 5.25 Å². The largest absolute Gasteiger partial charge is 0.293 e. The fourth-order valence-corrected chi connectivity index (χ4v) is 4.51. The highest BCUT2D eigenvalue weighted by atomic mass is 32.2. The Hall–Kier alpha value is 0.0700. The lowest BCUT2D eigenvalue weighted by molar-refractivity contribution is 0.0995. The van der Waals surface area contributed by atoms with E-state index in [-0.39, 0.29) is 5.25 Å². The molecular weight excluding hydrogens is 220 g/mol. The topological polar surface area (TPSA) is 17.1 Å². The highest BCUT2D eigenvalue weighted by Crippen LogP contribution is 2.27. The first kappa shape index (κ1) is 9.62. The Kier molecular flexibility index (Phi) is 3.35. The molecule has 0 spiro atoms. The van der Waals surface area contributed by atoms with Crippen molar-refractivity contribution in [3.63, 3.8) is 0 Å². The van der Waals surface area contributed by atoms with Gasteiger partial charge in [0.1, 0.15) is 0 Å². The van der Waals surface area contributed by atoms with Crippen molar-refractivity contribution in [2.24, 2.45) is 0 Å². The molecule has 1 aliphatic rings. The zero-order valence-corrected chi connectivity index (χ0v) is 9.51.